The van der Waals surface area contributed by atoms with Gasteiger partial charge in [-0.05, 0) is 55.0 Å². The molecule has 2 aliphatic heterocycles. The number of anilines is 2. The van der Waals surface area contributed by atoms with Crippen molar-refractivity contribution in [1.29, 1.82) is 0 Å². The molecule has 0 aliphatic carbocycles. The highest BCUT2D eigenvalue weighted by Gasteiger charge is 2.60. The molecule has 2 saturated heterocycles. The molecular weight excluding hydrogens is 562 g/mol. The number of carbonyl (C=O) groups excluding carboxylic acids is 2. The van der Waals surface area contributed by atoms with Crippen molar-refractivity contribution in [3.8, 4) is 5.75 Å². The summed E-state index contributed by atoms with van der Waals surface area (Å²) in [5, 5.41) is 12.8. The second kappa shape index (κ2) is 10.4. The van der Waals surface area contributed by atoms with Crippen LogP contribution in [0.1, 0.15) is 17.2 Å². The van der Waals surface area contributed by atoms with Crippen LogP contribution in [-0.4, -0.2) is 31.3 Å². The molecular formula is C30H23N3O8S. The van der Waals surface area contributed by atoms with Gasteiger partial charge in [-0.2, -0.15) is 8.42 Å². The van der Waals surface area contributed by atoms with Gasteiger partial charge in [0.05, 0.1) is 22.3 Å². The fourth-order valence-electron chi connectivity index (χ4n) is 5.15. The molecule has 0 spiro atoms. The molecule has 4 aromatic rings. The lowest BCUT2D eigenvalue weighted by Crippen LogP contribution is -2.37. The lowest BCUT2D eigenvalue weighted by Gasteiger charge is -2.28. The average molecular weight is 586 g/mol. The molecule has 0 bridgehead atoms. The van der Waals surface area contributed by atoms with E-state index < -0.39 is 44.9 Å². The number of non-ortho nitro benzene ring substituents is 1. The lowest BCUT2D eigenvalue weighted by molar-refractivity contribution is -0.384. The number of rotatable bonds is 7. The summed E-state index contributed by atoms with van der Waals surface area (Å²) in [4.78, 5) is 45.4. The summed E-state index contributed by atoms with van der Waals surface area (Å²) in [7, 11) is -4.09. The molecule has 0 aromatic heterocycles. The number of amides is 2. The Morgan fingerprint density at radius 3 is 2.19 bits per heavy atom. The maximum absolute atomic E-state index is 13.8. The number of imide groups is 1. The van der Waals surface area contributed by atoms with E-state index in [0.717, 1.165) is 10.5 Å². The van der Waals surface area contributed by atoms with Crippen molar-refractivity contribution in [1.82, 2.24) is 0 Å². The highest BCUT2D eigenvalue weighted by Crippen LogP contribution is 2.48. The summed E-state index contributed by atoms with van der Waals surface area (Å²) in [6.45, 7) is 1.89. The van der Waals surface area contributed by atoms with E-state index in [9.17, 15) is 28.1 Å². The molecule has 12 heteroatoms. The van der Waals surface area contributed by atoms with E-state index >= 15 is 0 Å². The van der Waals surface area contributed by atoms with Gasteiger partial charge in [0.1, 0.15) is 16.6 Å². The third kappa shape index (κ3) is 4.76. The molecule has 212 valence electrons. The Balaban J connectivity index is 1.37. The van der Waals surface area contributed by atoms with E-state index in [1.807, 2.05) is 6.92 Å². The molecule has 11 nitrogen and oxygen atoms in total. The highest BCUT2D eigenvalue weighted by atomic mass is 32.2. The predicted octanol–water partition coefficient (Wildman–Crippen LogP) is 4.72. The number of nitrogens with zero attached hydrogens (tertiary/aromatic N) is 3. The normalized spacial score (nSPS) is 20.1. The van der Waals surface area contributed by atoms with Crippen molar-refractivity contribution in [3.05, 3.63) is 124 Å². The van der Waals surface area contributed by atoms with Crippen molar-refractivity contribution in [2.75, 3.05) is 9.96 Å². The third-order valence-electron chi connectivity index (χ3n) is 7.16. The number of hydroxylamine groups is 1. The number of nitro benzene ring substituents is 1. The zero-order valence-electron chi connectivity index (χ0n) is 22.1. The quantitative estimate of drug-likeness (QED) is 0.131. The fourth-order valence-corrected chi connectivity index (χ4v) is 6.10. The molecule has 2 aliphatic rings. The first kappa shape index (κ1) is 27.1. The van der Waals surface area contributed by atoms with Crippen LogP contribution in [0.5, 0.6) is 5.75 Å². The molecule has 0 N–H and O–H groups in total. The predicted molar refractivity (Wildman–Crippen MR) is 151 cm³/mol. The number of aryl methyl sites for hydroxylation is 1. The minimum atomic E-state index is -4.09. The van der Waals surface area contributed by atoms with Crippen molar-refractivity contribution in [2.45, 2.75) is 24.0 Å². The first-order valence-electron chi connectivity index (χ1n) is 12.9. The Labute approximate surface area is 240 Å². The largest absolute Gasteiger partial charge is 0.379 e. The molecule has 0 unspecified atom stereocenters. The van der Waals surface area contributed by atoms with Gasteiger partial charge in [0.25, 0.3) is 11.6 Å². The summed E-state index contributed by atoms with van der Waals surface area (Å²) < 4.78 is 30.7. The van der Waals surface area contributed by atoms with Crippen molar-refractivity contribution in [3.63, 3.8) is 0 Å². The van der Waals surface area contributed by atoms with E-state index in [0.29, 0.717) is 11.3 Å². The number of benzene rings is 4. The van der Waals surface area contributed by atoms with Crippen molar-refractivity contribution >= 4 is 39.0 Å². The molecule has 3 atom stereocenters. The van der Waals surface area contributed by atoms with Gasteiger partial charge in [-0.15, -0.1) is 0 Å². The molecule has 42 heavy (non-hydrogen) atoms. The summed E-state index contributed by atoms with van der Waals surface area (Å²) >= 11 is 0. The van der Waals surface area contributed by atoms with Gasteiger partial charge in [0, 0.05) is 12.1 Å². The van der Waals surface area contributed by atoms with Crippen LogP contribution in [0.25, 0.3) is 0 Å². The number of hydrogen-bond donors (Lipinski definition) is 0. The first-order chi connectivity index (χ1) is 20.1. The van der Waals surface area contributed by atoms with Gasteiger partial charge in [-0.25, -0.2) is 9.96 Å². The van der Waals surface area contributed by atoms with Crippen molar-refractivity contribution < 1.29 is 32.0 Å². The second-order valence-corrected chi connectivity index (χ2v) is 11.4. The number of nitro groups is 1. The average Bonchev–Trinajstić information content (AvgIpc) is 3.50. The number of carbonyl (C=O) groups is 2. The van der Waals surface area contributed by atoms with Gasteiger partial charge in [-0.1, -0.05) is 54.1 Å². The minimum absolute atomic E-state index is 0.00998. The number of fused-ring (bicyclic) bond motifs is 1. The summed E-state index contributed by atoms with van der Waals surface area (Å²) in [6.07, 6.45) is -1.18. The Morgan fingerprint density at radius 1 is 0.833 bits per heavy atom. The SMILES string of the molecule is Cc1ccc(N2C(=O)[C@H]3[C@@H](ON(c4cccc([N+](=O)[O-])c4)[C@H]3c3ccc(OS(=O)(=O)c4ccccc4)cc3)C2=O)cc1. The van der Waals surface area contributed by atoms with Crippen LogP contribution >= 0.6 is 0 Å². The summed E-state index contributed by atoms with van der Waals surface area (Å²) in [6, 6.07) is 25.5. The Kier molecular flexibility index (Phi) is 6.71. The minimum Gasteiger partial charge on any atom is -0.379 e. The standard InChI is InChI=1S/C30H23N3O8S/c1-19-10-14-21(15-11-19)31-29(34)26-27(32(40-28(26)30(31)35)22-6-5-7-23(18-22)33(36)37)20-12-16-24(17-13-20)41-42(38,39)25-8-3-2-4-9-25/h2-18,26-28H,1H3/t26-,27+,28-/m1/s1. The van der Waals surface area contributed by atoms with E-state index in [1.54, 1.807) is 60.7 Å². The van der Waals surface area contributed by atoms with Gasteiger partial charge in [-0.3, -0.25) is 24.5 Å². The summed E-state index contributed by atoms with van der Waals surface area (Å²) in [5.74, 6) is -1.99. The monoisotopic (exact) mass is 585 g/mol. The highest BCUT2D eigenvalue weighted by molar-refractivity contribution is 7.87. The Morgan fingerprint density at radius 2 is 1.52 bits per heavy atom. The van der Waals surface area contributed by atoms with Crippen LogP contribution < -0.4 is 14.1 Å². The molecule has 2 amide bonds. The molecule has 2 fully saturated rings. The van der Waals surface area contributed by atoms with Crippen LogP contribution in [0, 0.1) is 23.0 Å². The van der Waals surface area contributed by atoms with E-state index in [4.69, 9.17) is 9.02 Å². The van der Waals surface area contributed by atoms with Crippen LogP contribution in [0.4, 0.5) is 17.1 Å². The Hall–Kier alpha value is -5.07. The number of hydrogen-bond acceptors (Lipinski definition) is 9. The first-order valence-corrected chi connectivity index (χ1v) is 14.3. The Bertz CT molecular complexity index is 1790. The smallest absolute Gasteiger partial charge is 0.339 e. The van der Waals surface area contributed by atoms with E-state index in [1.165, 1.54) is 47.5 Å². The molecule has 0 saturated carbocycles. The van der Waals surface area contributed by atoms with Gasteiger partial charge in [0.2, 0.25) is 5.91 Å². The zero-order valence-corrected chi connectivity index (χ0v) is 22.9. The fraction of sp³-hybridized carbons (Fsp3) is 0.133. The van der Waals surface area contributed by atoms with Gasteiger partial charge < -0.3 is 4.18 Å². The van der Waals surface area contributed by atoms with Crippen LogP contribution in [0.3, 0.4) is 0 Å². The zero-order chi connectivity index (χ0) is 29.6. The third-order valence-corrected chi connectivity index (χ3v) is 8.42. The van der Waals surface area contributed by atoms with Crippen molar-refractivity contribution in [2.24, 2.45) is 5.92 Å². The van der Waals surface area contributed by atoms with Crippen LogP contribution in [-0.2, 0) is 24.5 Å². The molecule has 0 radical (unpaired) electrons. The summed E-state index contributed by atoms with van der Waals surface area (Å²) in [5.41, 5.74) is 1.95. The van der Waals surface area contributed by atoms with Crippen LogP contribution in [0.15, 0.2) is 108 Å². The van der Waals surface area contributed by atoms with E-state index in [2.05, 4.69) is 0 Å². The van der Waals surface area contributed by atoms with E-state index in [-0.39, 0.29) is 22.0 Å². The van der Waals surface area contributed by atoms with Gasteiger partial charge >= 0.3 is 10.1 Å². The van der Waals surface area contributed by atoms with Gasteiger partial charge in [0.15, 0.2) is 6.10 Å². The maximum Gasteiger partial charge on any atom is 0.339 e. The second-order valence-electron chi connectivity index (χ2n) is 9.87. The lowest BCUT2D eigenvalue weighted by atomic mass is 9.90. The topological polar surface area (TPSA) is 136 Å². The van der Waals surface area contributed by atoms with Crippen LogP contribution in [0.2, 0.25) is 0 Å². The molecule has 6 rings (SSSR count). The molecule has 4 aromatic carbocycles. The maximum atomic E-state index is 13.8. The molecule has 2 heterocycles.